The number of benzene rings is 2. The third kappa shape index (κ3) is 2.34. The summed E-state index contributed by atoms with van der Waals surface area (Å²) in [5.41, 5.74) is 2.44. The molecule has 1 aliphatic rings. The van der Waals surface area contributed by atoms with Gasteiger partial charge in [-0.3, -0.25) is 0 Å². The van der Waals surface area contributed by atoms with Crippen LogP contribution in [0.3, 0.4) is 0 Å². The fourth-order valence-electron chi connectivity index (χ4n) is 3.60. The van der Waals surface area contributed by atoms with E-state index in [1.807, 2.05) is 29.8 Å². The molecule has 1 aliphatic heterocycles. The molecule has 0 aliphatic carbocycles. The van der Waals surface area contributed by atoms with Gasteiger partial charge in [0.25, 0.3) is 0 Å². The van der Waals surface area contributed by atoms with E-state index in [1.54, 1.807) is 6.20 Å². The fourth-order valence-corrected chi connectivity index (χ4v) is 3.60. The molecule has 1 aromatic heterocycles. The summed E-state index contributed by atoms with van der Waals surface area (Å²) in [5.74, 6) is 0. The summed E-state index contributed by atoms with van der Waals surface area (Å²) >= 11 is 0. The lowest BCUT2D eigenvalue weighted by molar-refractivity contribution is -0.0366. The van der Waals surface area contributed by atoms with Crippen molar-refractivity contribution in [2.45, 2.75) is 32.4 Å². The van der Waals surface area contributed by atoms with Gasteiger partial charge in [0.05, 0.1) is 11.7 Å². The Morgan fingerprint density at radius 1 is 1.30 bits per heavy atom. The lowest BCUT2D eigenvalue weighted by Gasteiger charge is -2.23. The van der Waals surface area contributed by atoms with Crippen molar-refractivity contribution in [3.05, 3.63) is 36.0 Å². The molecule has 2 heterocycles. The topological polar surface area (TPSA) is 67.5 Å². The Morgan fingerprint density at radius 2 is 2.17 bits per heavy atom. The van der Waals surface area contributed by atoms with Crippen molar-refractivity contribution >= 4 is 34.3 Å². The number of nitrogens with zero attached hydrogens (tertiary/aromatic N) is 2. The van der Waals surface area contributed by atoms with Crippen molar-refractivity contribution in [2.75, 3.05) is 6.61 Å². The van der Waals surface area contributed by atoms with Gasteiger partial charge in [0, 0.05) is 17.5 Å². The van der Waals surface area contributed by atoms with Gasteiger partial charge in [-0.2, -0.15) is 5.10 Å². The van der Waals surface area contributed by atoms with Crippen molar-refractivity contribution in [3.63, 3.8) is 0 Å². The summed E-state index contributed by atoms with van der Waals surface area (Å²) < 4.78 is 7.72. The molecule has 2 N–H and O–H groups in total. The third-order valence-electron chi connectivity index (χ3n) is 4.68. The lowest BCUT2D eigenvalue weighted by Crippen LogP contribution is -2.31. The van der Waals surface area contributed by atoms with E-state index in [0.717, 1.165) is 53.1 Å². The average molecular weight is 310 g/mol. The van der Waals surface area contributed by atoms with Gasteiger partial charge >= 0.3 is 7.12 Å². The van der Waals surface area contributed by atoms with Gasteiger partial charge < -0.3 is 14.8 Å². The summed E-state index contributed by atoms with van der Waals surface area (Å²) in [4.78, 5) is 0. The zero-order valence-corrected chi connectivity index (χ0v) is 13.1. The van der Waals surface area contributed by atoms with E-state index in [-0.39, 0.29) is 6.23 Å². The Bertz CT molecular complexity index is 869. The summed E-state index contributed by atoms with van der Waals surface area (Å²) in [6.45, 7) is 2.73. The molecular formula is C17H19BN2O3. The van der Waals surface area contributed by atoms with Crippen LogP contribution in [0.25, 0.3) is 21.7 Å². The lowest BCUT2D eigenvalue weighted by atomic mass is 9.74. The number of rotatable bonds is 2. The van der Waals surface area contributed by atoms with Crippen LogP contribution in [0.15, 0.2) is 30.5 Å². The minimum atomic E-state index is -1.53. The van der Waals surface area contributed by atoms with Crippen molar-refractivity contribution in [2.24, 2.45) is 0 Å². The van der Waals surface area contributed by atoms with Crippen molar-refractivity contribution in [1.82, 2.24) is 9.78 Å². The van der Waals surface area contributed by atoms with E-state index in [0.29, 0.717) is 5.46 Å². The van der Waals surface area contributed by atoms with Gasteiger partial charge in [-0.05, 0) is 48.6 Å². The van der Waals surface area contributed by atoms with E-state index in [2.05, 4.69) is 11.2 Å². The first kappa shape index (κ1) is 14.7. The average Bonchev–Trinajstić information content (AvgIpc) is 2.97. The minimum absolute atomic E-state index is 0.0767. The molecule has 1 unspecified atom stereocenters. The molecule has 5 nitrogen and oxygen atoms in total. The van der Waals surface area contributed by atoms with Gasteiger partial charge in [0.1, 0.15) is 0 Å². The van der Waals surface area contributed by atoms with Crippen molar-refractivity contribution in [3.8, 4) is 0 Å². The minimum Gasteiger partial charge on any atom is -0.423 e. The molecule has 23 heavy (non-hydrogen) atoms. The smallest absolute Gasteiger partial charge is 0.423 e. The highest BCUT2D eigenvalue weighted by molar-refractivity contribution is 6.65. The van der Waals surface area contributed by atoms with E-state index in [9.17, 15) is 10.0 Å². The number of aryl methyl sites for hydroxylation is 1. The van der Waals surface area contributed by atoms with E-state index < -0.39 is 7.12 Å². The first-order valence-electron chi connectivity index (χ1n) is 8.04. The number of hydrogen-bond donors (Lipinski definition) is 2. The van der Waals surface area contributed by atoms with E-state index in [1.165, 1.54) is 0 Å². The van der Waals surface area contributed by atoms with Gasteiger partial charge in [0.15, 0.2) is 6.23 Å². The van der Waals surface area contributed by atoms with Gasteiger partial charge in [-0.25, -0.2) is 4.68 Å². The number of fused-ring (bicyclic) bond motifs is 2. The van der Waals surface area contributed by atoms with Crippen LogP contribution >= 0.6 is 0 Å². The summed E-state index contributed by atoms with van der Waals surface area (Å²) in [5, 5.41) is 27.0. The Balaban J connectivity index is 2.02. The second-order valence-corrected chi connectivity index (χ2v) is 6.18. The SMILES string of the molecule is Cc1cccc2cc3c(cnn3C3CCCCO3)c(B(O)O)c12. The molecule has 2 aromatic carbocycles. The number of hydrogen-bond acceptors (Lipinski definition) is 4. The Morgan fingerprint density at radius 3 is 2.91 bits per heavy atom. The predicted molar refractivity (Wildman–Crippen MR) is 90.6 cm³/mol. The highest BCUT2D eigenvalue weighted by atomic mass is 16.5. The zero-order valence-electron chi connectivity index (χ0n) is 13.1. The van der Waals surface area contributed by atoms with Crippen molar-refractivity contribution in [1.29, 1.82) is 0 Å². The van der Waals surface area contributed by atoms with Gasteiger partial charge in [-0.1, -0.05) is 18.2 Å². The van der Waals surface area contributed by atoms with Crippen LogP contribution in [0.2, 0.25) is 0 Å². The highest BCUT2D eigenvalue weighted by Gasteiger charge is 2.25. The molecule has 118 valence electrons. The van der Waals surface area contributed by atoms with Crippen LogP contribution in [0.1, 0.15) is 31.1 Å². The Labute approximate surface area is 134 Å². The Hall–Kier alpha value is -1.89. The molecule has 4 rings (SSSR count). The zero-order chi connectivity index (χ0) is 16.0. The standard InChI is InChI=1S/C17H19BN2O3/c1-11-5-4-6-12-9-14-13(17(16(11)12)18(21)22)10-19-20(14)15-7-2-3-8-23-15/h4-6,9-10,15,21-22H,2-3,7-8H2,1H3. The number of ether oxygens (including phenoxy) is 1. The number of aromatic nitrogens is 2. The monoisotopic (exact) mass is 310 g/mol. The highest BCUT2D eigenvalue weighted by Crippen LogP contribution is 2.29. The van der Waals surface area contributed by atoms with Crippen LogP contribution in [-0.4, -0.2) is 33.6 Å². The Kier molecular flexibility index (Phi) is 3.60. The van der Waals surface area contributed by atoms with Crippen LogP contribution in [0, 0.1) is 6.92 Å². The van der Waals surface area contributed by atoms with E-state index >= 15 is 0 Å². The summed E-state index contributed by atoms with van der Waals surface area (Å²) in [6.07, 6.45) is 4.77. The van der Waals surface area contributed by atoms with Crippen molar-refractivity contribution < 1.29 is 14.8 Å². The maximum absolute atomic E-state index is 9.95. The molecule has 1 fully saturated rings. The van der Waals surface area contributed by atoms with Gasteiger partial charge in [0.2, 0.25) is 0 Å². The molecule has 1 saturated heterocycles. The van der Waals surface area contributed by atoms with Crippen LogP contribution < -0.4 is 5.46 Å². The third-order valence-corrected chi connectivity index (χ3v) is 4.68. The quantitative estimate of drug-likeness (QED) is 0.709. The molecule has 0 spiro atoms. The molecule has 1 atom stereocenters. The molecule has 0 amide bonds. The van der Waals surface area contributed by atoms with Gasteiger partial charge in [-0.15, -0.1) is 0 Å². The second kappa shape index (κ2) is 5.63. The largest absolute Gasteiger partial charge is 0.489 e. The maximum atomic E-state index is 9.95. The normalized spacial score (nSPS) is 18.7. The van der Waals surface area contributed by atoms with Crippen LogP contribution in [0.5, 0.6) is 0 Å². The maximum Gasteiger partial charge on any atom is 0.489 e. The molecular weight excluding hydrogens is 291 g/mol. The fraction of sp³-hybridized carbons (Fsp3) is 0.353. The molecule has 0 radical (unpaired) electrons. The summed E-state index contributed by atoms with van der Waals surface area (Å²) in [6, 6.07) is 8.02. The molecule has 3 aromatic rings. The van der Waals surface area contributed by atoms with Crippen LogP contribution in [0.4, 0.5) is 0 Å². The second-order valence-electron chi connectivity index (χ2n) is 6.18. The predicted octanol–water partition coefficient (Wildman–Crippen LogP) is 1.88. The molecule has 0 saturated carbocycles. The van der Waals surface area contributed by atoms with Crippen LogP contribution in [-0.2, 0) is 4.74 Å². The first-order chi connectivity index (χ1) is 11.2. The molecule has 6 heteroatoms. The van der Waals surface area contributed by atoms with E-state index in [4.69, 9.17) is 4.74 Å². The molecule has 0 bridgehead atoms. The summed E-state index contributed by atoms with van der Waals surface area (Å²) in [7, 11) is -1.53. The first-order valence-corrected chi connectivity index (χ1v) is 8.04.